The number of nitrogen functional groups attached to an aromatic ring is 1. The second kappa shape index (κ2) is 5.25. The number of nitrogens with one attached hydrogen (secondary N) is 1. The van der Waals surface area contributed by atoms with Crippen LogP contribution in [0.3, 0.4) is 0 Å². The number of aromatic amines is 1. The van der Waals surface area contributed by atoms with Crippen LogP contribution in [0.15, 0.2) is 67.0 Å². The molecule has 4 rings (SSSR count). The third-order valence-electron chi connectivity index (χ3n) is 3.95. The lowest BCUT2D eigenvalue weighted by molar-refractivity contribution is 0.633. The van der Waals surface area contributed by atoms with Gasteiger partial charge in [-0.25, -0.2) is 4.39 Å². The highest BCUT2D eigenvalue weighted by molar-refractivity contribution is 5.85. The van der Waals surface area contributed by atoms with Crippen molar-refractivity contribution in [3.8, 4) is 22.4 Å². The van der Waals surface area contributed by atoms with E-state index in [-0.39, 0.29) is 5.69 Å². The standard InChI is InChI=1S/C19H14FN3/c20-16-9-14(5-6-17(16)21)12-1-3-13(4-2-12)19-10-15-11-22-8-7-18(15)23-19/h1-11,23H,21H2. The van der Waals surface area contributed by atoms with Crippen LogP contribution in [0, 0.1) is 5.82 Å². The van der Waals surface area contributed by atoms with Gasteiger partial charge in [-0.05, 0) is 41.0 Å². The molecule has 0 unspecified atom stereocenters. The second-order valence-electron chi connectivity index (χ2n) is 5.46. The number of halogens is 1. The van der Waals surface area contributed by atoms with Crippen molar-refractivity contribution in [1.29, 1.82) is 0 Å². The number of hydrogen-bond acceptors (Lipinski definition) is 2. The molecule has 2 aromatic heterocycles. The minimum atomic E-state index is -0.394. The first-order valence-electron chi connectivity index (χ1n) is 7.29. The zero-order valence-corrected chi connectivity index (χ0v) is 12.3. The summed E-state index contributed by atoms with van der Waals surface area (Å²) in [4.78, 5) is 7.49. The number of hydrogen-bond donors (Lipinski definition) is 2. The highest BCUT2D eigenvalue weighted by Crippen LogP contribution is 2.28. The van der Waals surface area contributed by atoms with E-state index in [0.717, 1.165) is 33.3 Å². The van der Waals surface area contributed by atoms with Crippen molar-refractivity contribution in [1.82, 2.24) is 9.97 Å². The molecule has 112 valence electrons. The van der Waals surface area contributed by atoms with Gasteiger partial charge < -0.3 is 10.7 Å². The second-order valence-corrected chi connectivity index (χ2v) is 5.46. The molecule has 0 saturated heterocycles. The Bertz CT molecular complexity index is 954. The Balaban J connectivity index is 1.71. The van der Waals surface area contributed by atoms with E-state index >= 15 is 0 Å². The topological polar surface area (TPSA) is 54.7 Å². The first-order chi connectivity index (χ1) is 11.2. The molecule has 0 aliphatic carbocycles. The smallest absolute Gasteiger partial charge is 0.146 e. The summed E-state index contributed by atoms with van der Waals surface area (Å²) in [6.07, 6.45) is 3.60. The van der Waals surface area contributed by atoms with Crippen LogP contribution < -0.4 is 5.73 Å². The quantitative estimate of drug-likeness (QED) is 0.531. The van der Waals surface area contributed by atoms with E-state index in [1.54, 1.807) is 12.3 Å². The number of rotatable bonds is 2. The molecule has 0 amide bonds. The molecule has 3 N–H and O–H groups in total. The Morgan fingerprint density at radius 1 is 0.870 bits per heavy atom. The maximum absolute atomic E-state index is 13.6. The van der Waals surface area contributed by atoms with E-state index in [0.29, 0.717) is 0 Å². The summed E-state index contributed by atoms with van der Waals surface area (Å²) in [7, 11) is 0. The highest BCUT2D eigenvalue weighted by atomic mass is 19.1. The van der Waals surface area contributed by atoms with E-state index in [9.17, 15) is 4.39 Å². The van der Waals surface area contributed by atoms with Crippen LogP contribution in [0.25, 0.3) is 33.3 Å². The minimum absolute atomic E-state index is 0.164. The van der Waals surface area contributed by atoms with Crippen LogP contribution in [0.1, 0.15) is 0 Å². The van der Waals surface area contributed by atoms with Gasteiger partial charge in [0.25, 0.3) is 0 Å². The van der Waals surface area contributed by atoms with Crippen LogP contribution in [0.4, 0.5) is 10.1 Å². The molecule has 0 radical (unpaired) electrons. The van der Waals surface area contributed by atoms with Gasteiger partial charge in [-0.1, -0.05) is 30.3 Å². The lowest BCUT2D eigenvalue weighted by atomic mass is 10.0. The molecule has 2 heterocycles. The van der Waals surface area contributed by atoms with Gasteiger partial charge in [0.05, 0.1) is 5.69 Å². The first-order valence-corrected chi connectivity index (χ1v) is 7.29. The molecule has 0 spiro atoms. The predicted molar refractivity (Wildman–Crippen MR) is 91.3 cm³/mol. The van der Waals surface area contributed by atoms with E-state index in [1.807, 2.05) is 42.6 Å². The fraction of sp³-hybridized carbons (Fsp3) is 0. The van der Waals surface area contributed by atoms with Crippen LogP contribution in [-0.2, 0) is 0 Å². The third-order valence-corrected chi connectivity index (χ3v) is 3.95. The van der Waals surface area contributed by atoms with Crippen molar-refractivity contribution in [2.45, 2.75) is 0 Å². The van der Waals surface area contributed by atoms with Crippen molar-refractivity contribution in [2.75, 3.05) is 5.73 Å². The zero-order valence-electron chi connectivity index (χ0n) is 12.3. The molecule has 4 aromatic rings. The fourth-order valence-corrected chi connectivity index (χ4v) is 2.68. The maximum Gasteiger partial charge on any atom is 0.146 e. The number of H-pyrrole nitrogens is 1. The molecule has 0 aliphatic rings. The number of pyridine rings is 1. The summed E-state index contributed by atoms with van der Waals surface area (Å²) < 4.78 is 13.6. The summed E-state index contributed by atoms with van der Waals surface area (Å²) in [6, 6.07) is 16.9. The van der Waals surface area contributed by atoms with Gasteiger partial charge in [0.15, 0.2) is 0 Å². The van der Waals surface area contributed by atoms with Crippen molar-refractivity contribution >= 4 is 16.6 Å². The van der Waals surface area contributed by atoms with Gasteiger partial charge in [0, 0.05) is 29.0 Å². The summed E-state index contributed by atoms with van der Waals surface area (Å²) in [5, 5.41) is 1.08. The Kier molecular flexibility index (Phi) is 3.08. The van der Waals surface area contributed by atoms with Crippen molar-refractivity contribution in [2.24, 2.45) is 0 Å². The summed E-state index contributed by atoms with van der Waals surface area (Å²) in [5.74, 6) is -0.394. The molecule has 2 aromatic carbocycles. The highest BCUT2D eigenvalue weighted by Gasteiger charge is 2.06. The Morgan fingerprint density at radius 3 is 2.35 bits per heavy atom. The number of nitrogens with zero attached hydrogens (tertiary/aromatic N) is 1. The number of benzene rings is 2. The van der Waals surface area contributed by atoms with Crippen LogP contribution >= 0.6 is 0 Å². The summed E-state index contributed by atoms with van der Waals surface area (Å²) >= 11 is 0. The minimum Gasteiger partial charge on any atom is -0.396 e. The van der Waals surface area contributed by atoms with Crippen LogP contribution in [0.2, 0.25) is 0 Å². The fourth-order valence-electron chi connectivity index (χ4n) is 2.68. The van der Waals surface area contributed by atoms with Gasteiger partial charge in [-0.15, -0.1) is 0 Å². The lowest BCUT2D eigenvalue weighted by Gasteiger charge is -2.05. The monoisotopic (exact) mass is 303 g/mol. The Hall–Kier alpha value is -3.14. The van der Waals surface area contributed by atoms with Gasteiger partial charge in [-0.3, -0.25) is 4.98 Å². The third kappa shape index (κ3) is 2.44. The molecule has 0 fully saturated rings. The molecule has 4 heteroatoms. The SMILES string of the molecule is Nc1ccc(-c2ccc(-c3cc4cnccc4[nH]3)cc2)cc1F. The van der Waals surface area contributed by atoms with E-state index < -0.39 is 5.82 Å². The molecule has 0 saturated carbocycles. The molecule has 23 heavy (non-hydrogen) atoms. The average molecular weight is 303 g/mol. The number of anilines is 1. The zero-order chi connectivity index (χ0) is 15.8. The molecule has 3 nitrogen and oxygen atoms in total. The van der Waals surface area contributed by atoms with Crippen molar-refractivity contribution < 1.29 is 4.39 Å². The first kappa shape index (κ1) is 13.5. The van der Waals surface area contributed by atoms with Gasteiger partial charge in [-0.2, -0.15) is 0 Å². The molecular weight excluding hydrogens is 289 g/mol. The largest absolute Gasteiger partial charge is 0.396 e. The number of fused-ring (bicyclic) bond motifs is 1. The Morgan fingerprint density at radius 2 is 1.61 bits per heavy atom. The molecule has 0 atom stereocenters. The van der Waals surface area contributed by atoms with Gasteiger partial charge >= 0.3 is 0 Å². The lowest BCUT2D eigenvalue weighted by Crippen LogP contribution is -1.90. The predicted octanol–water partition coefficient (Wildman–Crippen LogP) is 4.62. The maximum atomic E-state index is 13.6. The van der Waals surface area contributed by atoms with Crippen molar-refractivity contribution in [3.05, 3.63) is 72.8 Å². The Labute approximate surface area is 132 Å². The van der Waals surface area contributed by atoms with Crippen LogP contribution in [-0.4, -0.2) is 9.97 Å². The molecule has 0 aliphatic heterocycles. The van der Waals surface area contributed by atoms with Crippen LogP contribution in [0.5, 0.6) is 0 Å². The van der Waals surface area contributed by atoms with E-state index in [2.05, 4.69) is 16.0 Å². The van der Waals surface area contributed by atoms with Crippen molar-refractivity contribution in [3.63, 3.8) is 0 Å². The van der Waals surface area contributed by atoms with Gasteiger partial charge in [0.2, 0.25) is 0 Å². The molecule has 0 bridgehead atoms. The van der Waals surface area contributed by atoms with E-state index in [1.165, 1.54) is 6.07 Å². The summed E-state index contributed by atoms with van der Waals surface area (Å²) in [5.41, 5.74) is 10.6. The number of aromatic nitrogens is 2. The summed E-state index contributed by atoms with van der Waals surface area (Å²) in [6.45, 7) is 0. The normalized spacial score (nSPS) is 11.0. The van der Waals surface area contributed by atoms with Gasteiger partial charge in [0.1, 0.15) is 5.82 Å². The molecular formula is C19H14FN3. The average Bonchev–Trinajstić information content (AvgIpc) is 3.02. The number of nitrogens with two attached hydrogens (primary N) is 1. The van der Waals surface area contributed by atoms with E-state index in [4.69, 9.17) is 5.73 Å².